The fourth-order valence-corrected chi connectivity index (χ4v) is 2.13. The number of hydrogen-bond donors (Lipinski definition) is 0. The first kappa shape index (κ1) is 15.1. The zero-order valence-electron chi connectivity index (χ0n) is 11.3. The minimum absolute atomic E-state index is 0.345. The van der Waals surface area contributed by atoms with Crippen LogP contribution in [-0.2, 0) is 4.84 Å². The predicted molar refractivity (Wildman–Crippen MR) is 83.7 cm³/mol. The van der Waals surface area contributed by atoms with Gasteiger partial charge in [-0.05, 0) is 27.4 Å². The maximum absolute atomic E-state index is 5.62. The van der Waals surface area contributed by atoms with Gasteiger partial charge in [-0.2, -0.15) is 0 Å². The third-order valence-corrected chi connectivity index (χ3v) is 3.16. The first-order valence-corrected chi connectivity index (χ1v) is 6.86. The van der Waals surface area contributed by atoms with E-state index in [1.807, 2.05) is 73.6 Å². The maximum atomic E-state index is 5.62. The number of nitrogens with zero attached hydrogens (tertiary/aromatic N) is 2. The summed E-state index contributed by atoms with van der Waals surface area (Å²) in [5, 5.41) is 0. The van der Waals surface area contributed by atoms with E-state index in [0.717, 1.165) is 16.8 Å². The Balaban J connectivity index is 2.31. The van der Waals surface area contributed by atoms with Crippen LogP contribution in [0, 0.1) is 0 Å². The highest BCUT2D eigenvalue weighted by Crippen LogP contribution is 2.29. The van der Waals surface area contributed by atoms with Crippen molar-refractivity contribution in [2.75, 3.05) is 19.0 Å². The molecule has 0 N–H and O–H groups in total. The quantitative estimate of drug-likeness (QED) is 0.602. The lowest BCUT2D eigenvalue weighted by Crippen LogP contribution is -2.12. The molecule has 3 nitrogen and oxygen atoms in total. The molecule has 2 aromatic rings. The van der Waals surface area contributed by atoms with Crippen LogP contribution in [0.4, 0.5) is 5.69 Å². The average Bonchev–Trinajstić information content (AvgIpc) is 2.45. The van der Waals surface area contributed by atoms with Gasteiger partial charge in [0.15, 0.2) is 0 Å². The first-order valence-electron chi connectivity index (χ1n) is 6.18. The molecule has 0 aromatic heterocycles. The van der Waals surface area contributed by atoms with Gasteiger partial charge in [-0.3, -0.25) is 4.84 Å². The number of anilines is 1. The molecule has 0 radical (unpaired) electrons. The monoisotopic (exact) mass is 310 g/mol. The molecular formula is C15H16Cl2N2O. The molecule has 0 aliphatic heterocycles. The number of rotatable bonds is 5. The molecule has 0 aliphatic rings. The van der Waals surface area contributed by atoms with Crippen molar-refractivity contribution in [3.63, 3.8) is 0 Å². The summed E-state index contributed by atoms with van der Waals surface area (Å²) in [4.78, 5) is 7.51. The normalized spacial score (nSPS) is 12.4. The molecular weight excluding hydrogens is 295 g/mol. The Kier molecular flexibility index (Phi) is 5.26. The van der Waals surface area contributed by atoms with Crippen LogP contribution in [0.25, 0.3) is 0 Å². The Hall–Kier alpha value is -1.26. The lowest BCUT2D eigenvalue weighted by molar-refractivity contribution is -0.0558. The summed E-state index contributed by atoms with van der Waals surface area (Å²) >= 11 is 11.2. The third-order valence-electron chi connectivity index (χ3n) is 3.00. The number of hydrogen-bond acceptors (Lipinski definition) is 3. The Morgan fingerprint density at radius 2 is 1.40 bits per heavy atom. The highest BCUT2D eigenvalue weighted by atomic mass is 35.5. The van der Waals surface area contributed by atoms with Crippen molar-refractivity contribution >= 4 is 29.2 Å². The predicted octanol–water partition coefficient (Wildman–Crippen LogP) is 4.38. The molecule has 0 fully saturated rings. The SMILES string of the molecule is CN(C)c1ccc(C(ON(Cl)Cl)c2ccccc2)cc1. The lowest BCUT2D eigenvalue weighted by atomic mass is 10.0. The van der Waals surface area contributed by atoms with Gasteiger partial charge >= 0.3 is 0 Å². The van der Waals surface area contributed by atoms with Crippen LogP contribution in [-0.4, -0.2) is 18.2 Å². The van der Waals surface area contributed by atoms with Gasteiger partial charge in [0.2, 0.25) is 0 Å². The lowest BCUT2D eigenvalue weighted by Gasteiger charge is -2.20. The smallest absolute Gasteiger partial charge is 0.132 e. The van der Waals surface area contributed by atoms with Crippen LogP contribution < -0.4 is 4.90 Å². The third kappa shape index (κ3) is 3.87. The van der Waals surface area contributed by atoms with Gasteiger partial charge in [-0.15, -0.1) is 0 Å². The molecule has 0 heterocycles. The van der Waals surface area contributed by atoms with E-state index in [2.05, 4.69) is 0 Å². The maximum Gasteiger partial charge on any atom is 0.132 e. The summed E-state index contributed by atoms with van der Waals surface area (Å²) in [6.07, 6.45) is -0.345. The van der Waals surface area contributed by atoms with Crippen molar-refractivity contribution in [2.45, 2.75) is 6.10 Å². The summed E-state index contributed by atoms with van der Waals surface area (Å²) in [7, 11) is 4.00. The average molecular weight is 311 g/mol. The van der Waals surface area contributed by atoms with Crippen molar-refractivity contribution in [1.82, 2.24) is 4.10 Å². The van der Waals surface area contributed by atoms with Crippen LogP contribution >= 0.6 is 23.6 Å². The zero-order chi connectivity index (χ0) is 14.5. The molecule has 0 saturated carbocycles. The van der Waals surface area contributed by atoms with Gasteiger partial charge in [0.25, 0.3) is 0 Å². The van der Waals surface area contributed by atoms with Crippen molar-refractivity contribution in [3.05, 3.63) is 65.7 Å². The van der Waals surface area contributed by atoms with E-state index in [4.69, 9.17) is 28.4 Å². The van der Waals surface area contributed by atoms with Crippen molar-refractivity contribution in [3.8, 4) is 0 Å². The van der Waals surface area contributed by atoms with Crippen LogP contribution in [0.3, 0.4) is 0 Å². The fourth-order valence-electron chi connectivity index (χ4n) is 1.97. The molecule has 0 spiro atoms. The molecule has 2 rings (SSSR count). The molecule has 20 heavy (non-hydrogen) atoms. The van der Waals surface area contributed by atoms with Gasteiger partial charge < -0.3 is 4.90 Å². The van der Waals surface area contributed by atoms with Crippen molar-refractivity contribution in [1.29, 1.82) is 0 Å². The largest absolute Gasteiger partial charge is 0.378 e. The zero-order valence-corrected chi connectivity index (χ0v) is 12.8. The van der Waals surface area contributed by atoms with E-state index < -0.39 is 0 Å². The van der Waals surface area contributed by atoms with Crippen LogP contribution in [0.15, 0.2) is 54.6 Å². The second kappa shape index (κ2) is 6.95. The molecule has 0 bridgehead atoms. The minimum atomic E-state index is -0.345. The highest BCUT2D eigenvalue weighted by Gasteiger charge is 2.17. The Morgan fingerprint density at radius 1 is 0.850 bits per heavy atom. The molecule has 106 valence electrons. The summed E-state index contributed by atoms with van der Waals surface area (Å²) < 4.78 is 0.692. The summed E-state index contributed by atoms with van der Waals surface area (Å²) in [6, 6.07) is 17.9. The number of benzene rings is 2. The van der Waals surface area contributed by atoms with Crippen LogP contribution in [0.5, 0.6) is 0 Å². The fraction of sp³-hybridized carbons (Fsp3) is 0.200. The van der Waals surface area contributed by atoms with Crippen molar-refractivity contribution in [2.24, 2.45) is 0 Å². The van der Waals surface area contributed by atoms with Crippen LogP contribution in [0.1, 0.15) is 17.2 Å². The Bertz CT molecular complexity index is 529. The van der Waals surface area contributed by atoms with Gasteiger partial charge in [0.1, 0.15) is 6.10 Å². The van der Waals surface area contributed by atoms with E-state index >= 15 is 0 Å². The molecule has 0 saturated heterocycles. The highest BCUT2D eigenvalue weighted by molar-refractivity contribution is 6.32. The standard InChI is InChI=1S/C15H16Cl2N2O/c1-18(2)14-10-8-13(9-11-14)15(20-19(16)17)12-6-4-3-5-7-12/h3-11,15H,1-2H3. The molecule has 0 amide bonds. The topological polar surface area (TPSA) is 15.7 Å². The molecule has 1 atom stereocenters. The summed E-state index contributed by atoms with van der Waals surface area (Å²) in [5.74, 6) is 0. The molecule has 5 heteroatoms. The molecule has 2 aromatic carbocycles. The van der Waals surface area contributed by atoms with Crippen LogP contribution in [0.2, 0.25) is 0 Å². The minimum Gasteiger partial charge on any atom is -0.378 e. The Labute approximate surface area is 129 Å². The van der Waals surface area contributed by atoms with E-state index in [1.165, 1.54) is 0 Å². The van der Waals surface area contributed by atoms with E-state index in [9.17, 15) is 0 Å². The Morgan fingerprint density at radius 3 is 1.90 bits per heavy atom. The summed E-state index contributed by atoms with van der Waals surface area (Å²) in [6.45, 7) is 0. The van der Waals surface area contributed by atoms with Gasteiger partial charge in [0.05, 0.1) is 0 Å². The van der Waals surface area contributed by atoms with E-state index in [1.54, 1.807) is 0 Å². The van der Waals surface area contributed by atoms with Gasteiger partial charge in [0, 0.05) is 43.3 Å². The second-order valence-corrected chi connectivity index (χ2v) is 5.37. The molecule has 0 aliphatic carbocycles. The van der Waals surface area contributed by atoms with Gasteiger partial charge in [-0.25, -0.2) is 0 Å². The second-order valence-electron chi connectivity index (χ2n) is 4.58. The van der Waals surface area contributed by atoms with E-state index in [0.29, 0.717) is 4.10 Å². The number of halogens is 2. The van der Waals surface area contributed by atoms with E-state index in [-0.39, 0.29) is 6.10 Å². The first-order chi connectivity index (χ1) is 9.58. The molecule has 1 unspecified atom stereocenters. The van der Waals surface area contributed by atoms with Crippen molar-refractivity contribution < 1.29 is 4.84 Å². The summed E-state index contributed by atoms with van der Waals surface area (Å²) in [5.41, 5.74) is 3.08. The van der Waals surface area contributed by atoms with Gasteiger partial charge in [-0.1, -0.05) is 42.5 Å².